The lowest BCUT2D eigenvalue weighted by Gasteiger charge is -2.51. The summed E-state index contributed by atoms with van der Waals surface area (Å²) in [6.07, 6.45) is 1.54. The summed E-state index contributed by atoms with van der Waals surface area (Å²) >= 11 is 5.49. The highest BCUT2D eigenvalue weighted by Gasteiger charge is 2.49. The summed E-state index contributed by atoms with van der Waals surface area (Å²) in [5.41, 5.74) is 3.60. The molecule has 0 amide bonds. The molecular formula is C22H26N2O2S. The molecule has 4 rings (SSSR count). The molecule has 0 aliphatic carbocycles. The molecule has 1 saturated heterocycles. The fourth-order valence-corrected chi connectivity index (χ4v) is 4.97. The highest BCUT2D eigenvalue weighted by molar-refractivity contribution is 7.80. The number of hydrogen-bond donors (Lipinski definition) is 3. The van der Waals surface area contributed by atoms with E-state index in [1.165, 1.54) is 11.1 Å². The number of ether oxygens (including phenoxy) is 1. The van der Waals surface area contributed by atoms with Crippen LogP contribution in [-0.4, -0.2) is 21.5 Å². The minimum Gasteiger partial charge on any atom is -0.508 e. The van der Waals surface area contributed by atoms with Crippen molar-refractivity contribution in [1.82, 2.24) is 10.6 Å². The molecular weight excluding hydrogens is 356 g/mol. The number of benzene rings is 2. The molecule has 0 bridgehead atoms. The van der Waals surface area contributed by atoms with E-state index in [4.69, 9.17) is 17.0 Å². The van der Waals surface area contributed by atoms with Crippen LogP contribution in [0.1, 0.15) is 54.9 Å². The van der Waals surface area contributed by atoms with E-state index in [-0.39, 0.29) is 17.2 Å². The largest absolute Gasteiger partial charge is 0.508 e. The Balaban J connectivity index is 1.87. The van der Waals surface area contributed by atoms with Crippen molar-refractivity contribution in [3.8, 4) is 11.5 Å². The Morgan fingerprint density at radius 1 is 1.15 bits per heavy atom. The van der Waals surface area contributed by atoms with E-state index in [9.17, 15) is 5.11 Å². The Bertz CT molecular complexity index is 925. The summed E-state index contributed by atoms with van der Waals surface area (Å²) in [5, 5.41) is 17.6. The zero-order valence-electron chi connectivity index (χ0n) is 16.2. The monoisotopic (exact) mass is 382 g/mol. The zero-order chi connectivity index (χ0) is 19.4. The zero-order valence-corrected chi connectivity index (χ0v) is 17.0. The third kappa shape index (κ3) is 3.25. The Morgan fingerprint density at radius 2 is 1.93 bits per heavy atom. The van der Waals surface area contributed by atoms with Gasteiger partial charge in [-0.1, -0.05) is 35.9 Å². The second-order valence-corrected chi connectivity index (χ2v) is 8.94. The number of thiocarbonyl (C=S) groups is 1. The van der Waals surface area contributed by atoms with Gasteiger partial charge >= 0.3 is 0 Å². The van der Waals surface area contributed by atoms with E-state index in [1.807, 2.05) is 13.0 Å². The van der Waals surface area contributed by atoms with Gasteiger partial charge in [-0.3, -0.25) is 0 Å². The molecule has 3 N–H and O–H groups in total. The van der Waals surface area contributed by atoms with Crippen LogP contribution in [0.25, 0.3) is 0 Å². The van der Waals surface area contributed by atoms with Crippen molar-refractivity contribution in [2.24, 2.45) is 0 Å². The maximum atomic E-state index is 10.3. The van der Waals surface area contributed by atoms with Crippen molar-refractivity contribution in [3.05, 3.63) is 58.7 Å². The molecule has 2 aliphatic heterocycles. The van der Waals surface area contributed by atoms with Gasteiger partial charge in [-0.15, -0.1) is 0 Å². The van der Waals surface area contributed by atoms with E-state index in [2.05, 4.69) is 55.7 Å². The van der Waals surface area contributed by atoms with Gasteiger partial charge in [0.2, 0.25) is 0 Å². The second-order valence-electron chi connectivity index (χ2n) is 8.54. The van der Waals surface area contributed by atoms with Gasteiger partial charge in [0.15, 0.2) is 10.8 Å². The number of nitrogens with one attached hydrogen (secondary N) is 2. The standard InChI is InChI=1S/C22H26N2O2S/c1-13-6-5-7-15(10-13)17-11-22(12-21(3,4)23-20(27)24-22)26-19-14(2)18(25)9-8-16(17)19/h5-10,17,25H,11-12H2,1-4H3,(H2,23,24,27)/t17-,22+/m0/s1. The van der Waals surface area contributed by atoms with Crippen LogP contribution in [0.15, 0.2) is 36.4 Å². The third-order valence-corrected chi connectivity index (χ3v) is 5.78. The van der Waals surface area contributed by atoms with Gasteiger partial charge in [0.05, 0.1) is 0 Å². The van der Waals surface area contributed by atoms with Crippen LogP contribution < -0.4 is 15.4 Å². The predicted molar refractivity (Wildman–Crippen MR) is 111 cm³/mol. The van der Waals surface area contributed by atoms with Gasteiger partial charge < -0.3 is 20.5 Å². The number of phenolic OH excluding ortho intramolecular Hbond substituents is 1. The average Bonchev–Trinajstić information content (AvgIpc) is 2.56. The molecule has 0 radical (unpaired) electrons. The molecule has 0 aromatic heterocycles. The molecule has 2 aromatic rings. The summed E-state index contributed by atoms with van der Waals surface area (Å²) in [7, 11) is 0. The maximum Gasteiger partial charge on any atom is 0.185 e. The second kappa shape index (κ2) is 6.13. The molecule has 142 valence electrons. The summed E-state index contributed by atoms with van der Waals surface area (Å²) in [6, 6.07) is 12.4. The summed E-state index contributed by atoms with van der Waals surface area (Å²) in [6.45, 7) is 8.29. The average molecular weight is 383 g/mol. The van der Waals surface area contributed by atoms with Gasteiger partial charge in [0.25, 0.3) is 0 Å². The molecule has 1 spiro atoms. The molecule has 4 nitrogen and oxygen atoms in total. The fraction of sp³-hybridized carbons (Fsp3) is 0.409. The lowest BCUT2D eigenvalue weighted by molar-refractivity contribution is -0.0134. The number of phenols is 1. The van der Waals surface area contributed by atoms with Gasteiger partial charge in [-0.05, 0) is 51.5 Å². The van der Waals surface area contributed by atoms with E-state index in [0.717, 1.165) is 29.7 Å². The molecule has 5 heteroatoms. The molecule has 0 saturated carbocycles. The topological polar surface area (TPSA) is 53.5 Å². The first-order valence-electron chi connectivity index (χ1n) is 9.36. The first kappa shape index (κ1) is 18.1. The molecule has 27 heavy (non-hydrogen) atoms. The summed E-state index contributed by atoms with van der Waals surface area (Å²) < 4.78 is 6.56. The highest BCUT2D eigenvalue weighted by atomic mass is 32.1. The van der Waals surface area contributed by atoms with Crippen LogP contribution in [0.3, 0.4) is 0 Å². The summed E-state index contributed by atoms with van der Waals surface area (Å²) in [5.74, 6) is 1.18. The van der Waals surface area contributed by atoms with Crippen LogP contribution in [0.5, 0.6) is 11.5 Å². The number of rotatable bonds is 1. The first-order chi connectivity index (χ1) is 12.7. The molecule has 2 aromatic carbocycles. The van der Waals surface area contributed by atoms with Crippen LogP contribution >= 0.6 is 12.2 Å². The van der Waals surface area contributed by atoms with Crippen LogP contribution in [-0.2, 0) is 0 Å². The van der Waals surface area contributed by atoms with Gasteiger partial charge in [0, 0.05) is 35.4 Å². The third-order valence-electron chi connectivity index (χ3n) is 5.58. The maximum absolute atomic E-state index is 10.3. The van der Waals surface area contributed by atoms with Crippen molar-refractivity contribution in [2.45, 2.75) is 57.7 Å². The number of aryl methyl sites for hydroxylation is 1. The normalized spacial score (nSPS) is 25.9. The van der Waals surface area contributed by atoms with E-state index >= 15 is 0 Å². The van der Waals surface area contributed by atoms with Crippen molar-refractivity contribution >= 4 is 17.3 Å². The number of aromatic hydroxyl groups is 1. The fourth-order valence-electron chi connectivity index (χ4n) is 4.51. The van der Waals surface area contributed by atoms with Gasteiger partial charge in [-0.2, -0.15) is 0 Å². The number of hydrogen-bond acceptors (Lipinski definition) is 3. The quantitative estimate of drug-likeness (QED) is 0.643. The van der Waals surface area contributed by atoms with Gasteiger partial charge in [0.1, 0.15) is 11.5 Å². The van der Waals surface area contributed by atoms with Crippen LogP contribution in [0.4, 0.5) is 0 Å². The Hall–Kier alpha value is -2.27. The number of fused-ring (bicyclic) bond motifs is 1. The lowest BCUT2D eigenvalue weighted by Crippen LogP contribution is -2.69. The van der Waals surface area contributed by atoms with Gasteiger partial charge in [-0.25, -0.2) is 0 Å². The van der Waals surface area contributed by atoms with E-state index < -0.39 is 5.72 Å². The Morgan fingerprint density at radius 3 is 2.63 bits per heavy atom. The first-order valence-corrected chi connectivity index (χ1v) is 9.77. The molecule has 1 fully saturated rings. The van der Waals surface area contributed by atoms with Crippen molar-refractivity contribution in [3.63, 3.8) is 0 Å². The smallest absolute Gasteiger partial charge is 0.185 e. The van der Waals surface area contributed by atoms with Crippen molar-refractivity contribution in [1.29, 1.82) is 0 Å². The van der Waals surface area contributed by atoms with E-state index in [1.54, 1.807) is 6.07 Å². The van der Waals surface area contributed by atoms with Crippen LogP contribution in [0.2, 0.25) is 0 Å². The van der Waals surface area contributed by atoms with Crippen molar-refractivity contribution < 1.29 is 9.84 Å². The van der Waals surface area contributed by atoms with Crippen LogP contribution in [0, 0.1) is 13.8 Å². The molecule has 2 atom stereocenters. The highest BCUT2D eigenvalue weighted by Crippen LogP contribution is 2.49. The molecule has 2 heterocycles. The molecule has 2 aliphatic rings. The van der Waals surface area contributed by atoms with Crippen molar-refractivity contribution in [2.75, 3.05) is 0 Å². The minimum atomic E-state index is -0.605. The Labute approximate surface area is 165 Å². The minimum absolute atomic E-state index is 0.164. The Kier molecular flexibility index (Phi) is 4.11. The van der Waals surface area contributed by atoms with E-state index in [0.29, 0.717) is 5.11 Å². The lowest BCUT2D eigenvalue weighted by atomic mass is 9.76. The molecule has 0 unspecified atom stereocenters. The summed E-state index contributed by atoms with van der Waals surface area (Å²) in [4.78, 5) is 0. The SMILES string of the molecule is Cc1cccc([C@@H]2C[C@]3(CC(C)(C)NC(=S)N3)Oc3c2ccc(O)c3C)c1. The predicted octanol–water partition coefficient (Wildman–Crippen LogP) is 4.27.